The van der Waals surface area contributed by atoms with Gasteiger partial charge in [-0.25, -0.2) is 8.42 Å². The molecule has 0 aliphatic carbocycles. The second-order valence-corrected chi connectivity index (χ2v) is 9.85. The number of hydrogen-bond donors (Lipinski definition) is 0. The molecule has 0 bridgehead atoms. The zero-order valence-corrected chi connectivity index (χ0v) is 17.9. The van der Waals surface area contributed by atoms with Crippen LogP contribution in [0.5, 0.6) is 0 Å². The second kappa shape index (κ2) is 7.52. The van der Waals surface area contributed by atoms with E-state index in [0.717, 1.165) is 30.7 Å². The molecule has 0 aromatic carbocycles. The Morgan fingerprint density at radius 1 is 1.17 bits per heavy atom. The van der Waals surface area contributed by atoms with Gasteiger partial charge in [0, 0.05) is 25.3 Å². The second-order valence-electron chi connectivity index (χ2n) is 7.91. The lowest BCUT2D eigenvalue weighted by Gasteiger charge is -2.34. The molecular weight excluding hydrogens is 394 g/mol. The van der Waals surface area contributed by atoms with Crippen LogP contribution in [-0.2, 0) is 34.5 Å². The summed E-state index contributed by atoms with van der Waals surface area (Å²) in [7, 11) is -3.31. The molecule has 1 atom stereocenters. The Labute approximate surface area is 170 Å². The number of nitrogens with zero attached hydrogens (tertiary/aromatic N) is 7. The van der Waals surface area contributed by atoms with Crippen LogP contribution in [-0.4, -0.2) is 67.4 Å². The molecule has 2 aromatic heterocycles. The third-order valence-electron chi connectivity index (χ3n) is 5.70. The number of rotatable bonds is 4. The van der Waals surface area contributed by atoms with E-state index in [-0.39, 0.29) is 18.5 Å². The van der Waals surface area contributed by atoms with Crippen molar-refractivity contribution in [2.24, 2.45) is 0 Å². The van der Waals surface area contributed by atoms with E-state index in [0.29, 0.717) is 37.8 Å². The Bertz CT molecular complexity index is 1030. The van der Waals surface area contributed by atoms with Crippen molar-refractivity contribution in [2.45, 2.75) is 58.8 Å². The molecule has 4 heterocycles. The fraction of sp³-hybridized carbons (Fsp3) is 0.667. The molecule has 11 heteroatoms. The van der Waals surface area contributed by atoms with E-state index < -0.39 is 10.0 Å². The van der Waals surface area contributed by atoms with E-state index in [2.05, 4.69) is 15.3 Å². The summed E-state index contributed by atoms with van der Waals surface area (Å²) in [6.45, 7) is 6.03. The molecule has 29 heavy (non-hydrogen) atoms. The maximum atomic E-state index is 12.8. The molecule has 0 radical (unpaired) electrons. The number of piperidine rings is 1. The van der Waals surface area contributed by atoms with Crippen molar-refractivity contribution in [1.29, 1.82) is 0 Å². The van der Waals surface area contributed by atoms with Gasteiger partial charge in [-0.3, -0.25) is 9.48 Å². The van der Waals surface area contributed by atoms with Crippen molar-refractivity contribution in [3.63, 3.8) is 0 Å². The van der Waals surface area contributed by atoms with Crippen molar-refractivity contribution in [2.75, 3.05) is 19.3 Å². The Hall–Kier alpha value is -2.27. The van der Waals surface area contributed by atoms with Crippen LogP contribution in [0.4, 0.5) is 0 Å². The molecule has 1 unspecified atom stereocenters. The standard InChI is InChI=1S/C18H27N7O3S/c1-13-10-14(2)24(21-13)12-17(26)22-8-9-23-16(11-22)19-20-18(23)15-6-4-5-7-25(15)29(3,27)28/h10,15H,4-9,11-12H2,1-3H3. The molecule has 2 aromatic rings. The zero-order valence-electron chi connectivity index (χ0n) is 17.1. The molecule has 1 amide bonds. The van der Waals surface area contributed by atoms with Crippen LogP contribution in [0.3, 0.4) is 0 Å². The molecule has 1 saturated heterocycles. The van der Waals surface area contributed by atoms with Gasteiger partial charge in [-0.1, -0.05) is 6.42 Å². The van der Waals surface area contributed by atoms with E-state index in [1.165, 1.54) is 10.6 Å². The van der Waals surface area contributed by atoms with Crippen molar-refractivity contribution in [1.82, 2.24) is 33.8 Å². The van der Waals surface area contributed by atoms with E-state index in [1.807, 2.05) is 24.5 Å². The van der Waals surface area contributed by atoms with Crippen LogP contribution in [0, 0.1) is 13.8 Å². The molecular formula is C18H27N7O3S. The minimum atomic E-state index is -3.31. The number of carbonyl (C=O) groups excluding carboxylic acids is 1. The number of aryl methyl sites for hydroxylation is 2. The predicted molar refractivity (Wildman–Crippen MR) is 105 cm³/mol. The Morgan fingerprint density at radius 3 is 2.66 bits per heavy atom. The van der Waals surface area contributed by atoms with E-state index in [9.17, 15) is 13.2 Å². The van der Waals surface area contributed by atoms with Crippen LogP contribution in [0.15, 0.2) is 6.07 Å². The summed E-state index contributed by atoms with van der Waals surface area (Å²) in [6.07, 6.45) is 3.81. The lowest BCUT2D eigenvalue weighted by molar-refractivity contribution is -0.133. The predicted octanol–water partition coefficient (Wildman–Crippen LogP) is 0.620. The lowest BCUT2D eigenvalue weighted by Crippen LogP contribution is -2.42. The van der Waals surface area contributed by atoms with Crippen molar-refractivity contribution in [3.8, 4) is 0 Å². The Balaban J connectivity index is 1.51. The normalized spacial score (nSPS) is 20.7. The van der Waals surface area contributed by atoms with Gasteiger partial charge in [0.05, 0.1) is 24.5 Å². The highest BCUT2D eigenvalue weighted by Gasteiger charge is 2.36. The zero-order chi connectivity index (χ0) is 20.8. The summed E-state index contributed by atoms with van der Waals surface area (Å²) >= 11 is 0. The molecule has 0 spiro atoms. The third kappa shape index (κ3) is 3.93. The van der Waals surface area contributed by atoms with Gasteiger partial charge in [0.1, 0.15) is 6.54 Å². The van der Waals surface area contributed by atoms with Gasteiger partial charge in [0.2, 0.25) is 15.9 Å². The van der Waals surface area contributed by atoms with Crippen LogP contribution < -0.4 is 0 Å². The first-order valence-electron chi connectivity index (χ1n) is 9.91. The van der Waals surface area contributed by atoms with Gasteiger partial charge in [0.25, 0.3) is 0 Å². The smallest absolute Gasteiger partial charge is 0.244 e. The van der Waals surface area contributed by atoms with Crippen LogP contribution >= 0.6 is 0 Å². The van der Waals surface area contributed by atoms with Crippen LogP contribution in [0.1, 0.15) is 48.3 Å². The maximum absolute atomic E-state index is 12.8. The van der Waals surface area contributed by atoms with Gasteiger partial charge < -0.3 is 9.47 Å². The van der Waals surface area contributed by atoms with Crippen molar-refractivity contribution < 1.29 is 13.2 Å². The van der Waals surface area contributed by atoms with E-state index in [1.54, 1.807) is 9.58 Å². The van der Waals surface area contributed by atoms with Crippen LogP contribution in [0.2, 0.25) is 0 Å². The molecule has 1 fully saturated rings. The minimum Gasteiger partial charge on any atom is -0.332 e. The highest BCUT2D eigenvalue weighted by molar-refractivity contribution is 7.88. The molecule has 158 valence electrons. The molecule has 10 nitrogen and oxygen atoms in total. The molecule has 2 aliphatic rings. The third-order valence-corrected chi connectivity index (χ3v) is 6.99. The number of hydrogen-bond acceptors (Lipinski definition) is 6. The Kier molecular flexibility index (Phi) is 5.19. The van der Waals surface area contributed by atoms with Gasteiger partial charge in [0.15, 0.2) is 11.6 Å². The summed E-state index contributed by atoms with van der Waals surface area (Å²) in [6, 6.07) is 1.67. The van der Waals surface area contributed by atoms with Crippen LogP contribution in [0.25, 0.3) is 0 Å². The van der Waals surface area contributed by atoms with Gasteiger partial charge in [-0.2, -0.15) is 9.40 Å². The lowest BCUT2D eigenvalue weighted by atomic mass is 10.0. The number of fused-ring (bicyclic) bond motifs is 1. The highest BCUT2D eigenvalue weighted by atomic mass is 32.2. The molecule has 2 aliphatic heterocycles. The first kappa shape index (κ1) is 20.0. The molecule has 0 saturated carbocycles. The largest absolute Gasteiger partial charge is 0.332 e. The average Bonchev–Trinajstić information content (AvgIpc) is 3.23. The number of carbonyl (C=O) groups is 1. The van der Waals surface area contributed by atoms with Gasteiger partial charge >= 0.3 is 0 Å². The molecule has 4 rings (SSSR count). The minimum absolute atomic E-state index is 0.0116. The SMILES string of the molecule is Cc1cc(C)n(CC(=O)N2CCn3c(nnc3C3CCCCN3S(C)(=O)=O)C2)n1. The van der Waals surface area contributed by atoms with E-state index >= 15 is 0 Å². The highest BCUT2D eigenvalue weighted by Crippen LogP contribution is 2.32. The number of sulfonamides is 1. The fourth-order valence-electron chi connectivity index (χ4n) is 4.26. The number of amides is 1. The Morgan fingerprint density at radius 2 is 1.97 bits per heavy atom. The van der Waals surface area contributed by atoms with E-state index in [4.69, 9.17) is 0 Å². The first-order valence-corrected chi connectivity index (χ1v) is 11.8. The average molecular weight is 422 g/mol. The summed E-state index contributed by atoms with van der Waals surface area (Å²) in [4.78, 5) is 14.5. The molecule has 0 N–H and O–H groups in total. The van der Waals surface area contributed by atoms with Gasteiger partial charge in [-0.05, 0) is 32.8 Å². The summed E-state index contributed by atoms with van der Waals surface area (Å²) < 4.78 is 29.7. The topological polar surface area (TPSA) is 106 Å². The van der Waals surface area contributed by atoms with Gasteiger partial charge in [-0.15, -0.1) is 10.2 Å². The summed E-state index contributed by atoms with van der Waals surface area (Å²) in [5.41, 5.74) is 1.85. The monoisotopic (exact) mass is 421 g/mol. The maximum Gasteiger partial charge on any atom is 0.244 e. The summed E-state index contributed by atoms with van der Waals surface area (Å²) in [5.74, 6) is 1.38. The summed E-state index contributed by atoms with van der Waals surface area (Å²) in [5, 5.41) is 13.0. The van der Waals surface area contributed by atoms with Crippen molar-refractivity contribution >= 4 is 15.9 Å². The first-order chi connectivity index (χ1) is 13.7. The number of aromatic nitrogens is 5. The fourth-order valence-corrected chi connectivity index (χ4v) is 5.39. The quantitative estimate of drug-likeness (QED) is 0.716. The van der Waals surface area contributed by atoms with Crippen molar-refractivity contribution in [3.05, 3.63) is 29.1 Å².